The molecule has 1 saturated heterocycles. The van der Waals surface area contributed by atoms with Gasteiger partial charge in [-0.1, -0.05) is 12.1 Å². The second kappa shape index (κ2) is 6.77. The molecule has 0 aliphatic carbocycles. The van der Waals surface area contributed by atoms with Gasteiger partial charge in [-0.05, 0) is 48.7 Å². The summed E-state index contributed by atoms with van der Waals surface area (Å²) >= 11 is 0. The molecule has 0 unspecified atom stereocenters. The maximum absolute atomic E-state index is 13.9. The van der Waals surface area contributed by atoms with E-state index in [-0.39, 0.29) is 23.8 Å². The molecule has 0 aromatic heterocycles. The topological polar surface area (TPSA) is 32.3 Å². The van der Waals surface area contributed by atoms with Crippen molar-refractivity contribution < 1.29 is 13.6 Å². The number of hydrogen-bond donors (Lipinski definition) is 1. The summed E-state index contributed by atoms with van der Waals surface area (Å²) in [4.78, 5) is 14.2. The third-order valence-electron chi connectivity index (χ3n) is 3.97. The first-order chi connectivity index (χ1) is 11.1. The number of halogens is 2. The number of carbonyl (C=O) groups excluding carboxylic acids is 1. The molecule has 0 radical (unpaired) electrons. The SMILES string of the molecule is O=C(Cc1ccc(F)cc1)Nc1cc(N2CCCC2)ccc1F. The number of amides is 1. The predicted molar refractivity (Wildman–Crippen MR) is 86.6 cm³/mol. The average Bonchev–Trinajstić information content (AvgIpc) is 3.06. The van der Waals surface area contributed by atoms with Gasteiger partial charge in [0.15, 0.2) is 0 Å². The molecule has 0 atom stereocenters. The molecule has 0 spiro atoms. The van der Waals surface area contributed by atoms with Crippen LogP contribution in [-0.2, 0) is 11.2 Å². The van der Waals surface area contributed by atoms with Gasteiger partial charge in [0.25, 0.3) is 0 Å². The monoisotopic (exact) mass is 316 g/mol. The van der Waals surface area contributed by atoms with E-state index in [0.29, 0.717) is 5.56 Å². The minimum atomic E-state index is -0.458. The van der Waals surface area contributed by atoms with Crippen molar-refractivity contribution >= 4 is 17.3 Å². The molecule has 1 amide bonds. The third-order valence-corrected chi connectivity index (χ3v) is 3.97. The first-order valence-corrected chi connectivity index (χ1v) is 7.70. The van der Waals surface area contributed by atoms with Crippen LogP contribution in [0.5, 0.6) is 0 Å². The molecular weight excluding hydrogens is 298 g/mol. The second-order valence-electron chi connectivity index (χ2n) is 5.71. The summed E-state index contributed by atoms with van der Waals surface area (Å²) in [7, 11) is 0. The first kappa shape index (κ1) is 15.5. The van der Waals surface area contributed by atoms with E-state index in [1.807, 2.05) is 0 Å². The van der Waals surface area contributed by atoms with Crippen molar-refractivity contribution in [1.82, 2.24) is 0 Å². The van der Waals surface area contributed by atoms with Gasteiger partial charge in [-0.3, -0.25) is 4.79 Å². The van der Waals surface area contributed by atoms with Crippen LogP contribution in [0.25, 0.3) is 0 Å². The number of anilines is 2. The Bertz CT molecular complexity index is 695. The number of benzene rings is 2. The fourth-order valence-corrected chi connectivity index (χ4v) is 2.76. The van der Waals surface area contributed by atoms with Crippen LogP contribution in [0.1, 0.15) is 18.4 Å². The highest BCUT2D eigenvalue weighted by atomic mass is 19.1. The van der Waals surface area contributed by atoms with E-state index in [1.165, 1.54) is 18.2 Å². The summed E-state index contributed by atoms with van der Waals surface area (Å²) in [6, 6.07) is 10.5. The number of rotatable bonds is 4. The van der Waals surface area contributed by atoms with Crippen LogP contribution >= 0.6 is 0 Å². The Kier molecular flexibility index (Phi) is 4.55. The maximum atomic E-state index is 13.9. The number of carbonyl (C=O) groups is 1. The molecule has 1 N–H and O–H groups in total. The Morgan fingerprint density at radius 2 is 1.74 bits per heavy atom. The van der Waals surface area contributed by atoms with E-state index in [2.05, 4.69) is 10.2 Å². The molecule has 0 saturated carbocycles. The van der Waals surface area contributed by atoms with Gasteiger partial charge >= 0.3 is 0 Å². The Morgan fingerprint density at radius 1 is 1.04 bits per heavy atom. The zero-order chi connectivity index (χ0) is 16.2. The molecule has 0 bridgehead atoms. The Morgan fingerprint density at radius 3 is 2.43 bits per heavy atom. The third kappa shape index (κ3) is 3.86. The van der Waals surface area contributed by atoms with E-state index >= 15 is 0 Å². The van der Waals surface area contributed by atoms with Crippen LogP contribution in [0.4, 0.5) is 20.2 Å². The molecule has 3 nitrogen and oxygen atoms in total. The Balaban J connectivity index is 1.69. The molecule has 1 heterocycles. The lowest BCUT2D eigenvalue weighted by Gasteiger charge is -2.19. The van der Waals surface area contributed by atoms with Crippen LogP contribution in [0.15, 0.2) is 42.5 Å². The minimum Gasteiger partial charge on any atom is -0.371 e. The van der Waals surface area contributed by atoms with E-state index in [0.717, 1.165) is 31.6 Å². The quantitative estimate of drug-likeness (QED) is 0.932. The zero-order valence-electron chi connectivity index (χ0n) is 12.7. The minimum absolute atomic E-state index is 0.0770. The highest BCUT2D eigenvalue weighted by Crippen LogP contribution is 2.25. The highest BCUT2D eigenvalue weighted by molar-refractivity contribution is 5.92. The predicted octanol–water partition coefficient (Wildman–Crippen LogP) is 3.75. The van der Waals surface area contributed by atoms with Crippen molar-refractivity contribution in [3.63, 3.8) is 0 Å². The molecule has 3 rings (SSSR count). The van der Waals surface area contributed by atoms with E-state index in [9.17, 15) is 13.6 Å². The van der Waals surface area contributed by atoms with E-state index in [4.69, 9.17) is 0 Å². The van der Waals surface area contributed by atoms with Crippen LogP contribution in [0.3, 0.4) is 0 Å². The van der Waals surface area contributed by atoms with Gasteiger partial charge in [0.2, 0.25) is 5.91 Å². The summed E-state index contributed by atoms with van der Waals surface area (Å²) in [6.45, 7) is 1.91. The number of hydrogen-bond acceptors (Lipinski definition) is 2. The van der Waals surface area contributed by atoms with Gasteiger partial charge in [-0.25, -0.2) is 8.78 Å². The molecule has 2 aromatic rings. The van der Waals surface area contributed by atoms with Crippen LogP contribution in [-0.4, -0.2) is 19.0 Å². The van der Waals surface area contributed by atoms with Crippen molar-refractivity contribution in [2.75, 3.05) is 23.3 Å². The highest BCUT2D eigenvalue weighted by Gasteiger charge is 2.15. The zero-order valence-corrected chi connectivity index (χ0v) is 12.7. The molecule has 1 aliphatic heterocycles. The van der Waals surface area contributed by atoms with Crippen molar-refractivity contribution in [2.45, 2.75) is 19.3 Å². The normalized spacial score (nSPS) is 14.1. The molecule has 23 heavy (non-hydrogen) atoms. The van der Waals surface area contributed by atoms with Crippen LogP contribution in [0.2, 0.25) is 0 Å². The van der Waals surface area contributed by atoms with Gasteiger partial charge in [-0.15, -0.1) is 0 Å². The van der Waals surface area contributed by atoms with Gasteiger partial charge in [0.05, 0.1) is 12.1 Å². The maximum Gasteiger partial charge on any atom is 0.228 e. The van der Waals surface area contributed by atoms with Gasteiger partial charge in [0, 0.05) is 18.8 Å². The number of nitrogens with one attached hydrogen (secondary N) is 1. The summed E-state index contributed by atoms with van der Waals surface area (Å²) in [5, 5.41) is 2.60. The van der Waals surface area contributed by atoms with Crippen molar-refractivity contribution in [2.24, 2.45) is 0 Å². The fourth-order valence-electron chi connectivity index (χ4n) is 2.76. The summed E-state index contributed by atoms with van der Waals surface area (Å²) < 4.78 is 26.8. The van der Waals surface area contributed by atoms with Crippen molar-refractivity contribution in [1.29, 1.82) is 0 Å². The first-order valence-electron chi connectivity index (χ1n) is 7.70. The van der Waals surface area contributed by atoms with Crippen LogP contribution in [0, 0.1) is 11.6 Å². The summed E-state index contributed by atoms with van der Waals surface area (Å²) in [5.74, 6) is -1.13. The van der Waals surface area contributed by atoms with Crippen molar-refractivity contribution in [3.05, 3.63) is 59.7 Å². The summed E-state index contributed by atoms with van der Waals surface area (Å²) in [6.07, 6.45) is 2.33. The van der Waals surface area contributed by atoms with Gasteiger partial charge in [-0.2, -0.15) is 0 Å². The van der Waals surface area contributed by atoms with Gasteiger partial charge in [0.1, 0.15) is 11.6 Å². The van der Waals surface area contributed by atoms with Gasteiger partial charge < -0.3 is 10.2 Å². The fraction of sp³-hybridized carbons (Fsp3) is 0.278. The smallest absolute Gasteiger partial charge is 0.228 e. The lowest BCUT2D eigenvalue weighted by molar-refractivity contribution is -0.115. The van der Waals surface area contributed by atoms with E-state index in [1.54, 1.807) is 24.3 Å². The van der Waals surface area contributed by atoms with E-state index < -0.39 is 5.82 Å². The van der Waals surface area contributed by atoms with Crippen LogP contribution < -0.4 is 10.2 Å². The molecule has 2 aromatic carbocycles. The molecule has 1 fully saturated rings. The second-order valence-corrected chi connectivity index (χ2v) is 5.71. The Hall–Kier alpha value is -2.43. The number of nitrogens with zero attached hydrogens (tertiary/aromatic N) is 1. The molecule has 5 heteroatoms. The lowest BCUT2D eigenvalue weighted by Crippen LogP contribution is -2.19. The lowest BCUT2D eigenvalue weighted by atomic mass is 10.1. The summed E-state index contributed by atoms with van der Waals surface area (Å²) in [5.41, 5.74) is 1.78. The average molecular weight is 316 g/mol. The molecule has 120 valence electrons. The molecular formula is C18H18F2N2O. The standard InChI is InChI=1S/C18H18F2N2O/c19-14-5-3-13(4-6-14)11-18(23)21-17-12-15(7-8-16(17)20)22-9-1-2-10-22/h3-8,12H,1-2,9-11H2,(H,21,23). The molecule has 1 aliphatic rings. The Labute approximate surface area is 133 Å². The largest absolute Gasteiger partial charge is 0.371 e. The van der Waals surface area contributed by atoms with Crippen molar-refractivity contribution in [3.8, 4) is 0 Å².